The number of rotatable bonds is 8. The van der Waals surface area contributed by atoms with E-state index in [-0.39, 0.29) is 0 Å². The van der Waals surface area contributed by atoms with Gasteiger partial charge >= 0.3 is 5.97 Å². The quantitative estimate of drug-likeness (QED) is 0.477. The number of pyridine rings is 1. The average molecular weight is 376 g/mol. The molecule has 6 nitrogen and oxygen atoms in total. The van der Waals surface area contributed by atoms with Gasteiger partial charge in [0.1, 0.15) is 5.75 Å². The summed E-state index contributed by atoms with van der Waals surface area (Å²) in [7, 11) is 0. The normalized spacial score (nSPS) is 14.2. The van der Waals surface area contributed by atoms with E-state index in [1.54, 1.807) is 61.8 Å². The predicted molar refractivity (Wildman–Crippen MR) is 105 cm³/mol. The molecule has 0 saturated carbocycles. The van der Waals surface area contributed by atoms with Crippen molar-refractivity contribution in [3.05, 3.63) is 96.3 Å². The molecule has 0 amide bonds. The molecule has 2 atom stereocenters. The Labute approximate surface area is 163 Å². The minimum absolute atomic E-state index is 0.428. The van der Waals surface area contributed by atoms with Crippen LogP contribution in [0.25, 0.3) is 0 Å². The van der Waals surface area contributed by atoms with E-state index in [4.69, 9.17) is 9.57 Å². The molecule has 1 N–H and O–H groups in total. The molecule has 0 aliphatic rings. The smallest absolute Gasteiger partial charge is 0.349 e. The molecule has 3 rings (SSSR count). The lowest BCUT2D eigenvalue weighted by molar-refractivity contribution is -0.167. The van der Waals surface area contributed by atoms with Gasteiger partial charge in [0.05, 0.1) is 6.21 Å². The second-order valence-corrected chi connectivity index (χ2v) is 6.23. The number of hydrogen-bond donors (Lipinski definition) is 1. The number of carboxylic acid groups (broad SMARTS) is 1. The van der Waals surface area contributed by atoms with Crippen LogP contribution in [-0.4, -0.2) is 28.4 Å². The van der Waals surface area contributed by atoms with Crippen molar-refractivity contribution in [3.8, 4) is 5.75 Å². The minimum atomic E-state index is -1.37. The minimum Gasteiger partial charge on any atom is -0.478 e. The first-order valence-corrected chi connectivity index (χ1v) is 8.71. The largest absolute Gasteiger partial charge is 0.478 e. The molecule has 28 heavy (non-hydrogen) atoms. The third kappa shape index (κ3) is 4.54. The molecular formula is C22H20N2O4. The highest BCUT2D eigenvalue weighted by atomic mass is 16.7. The topological polar surface area (TPSA) is 81.0 Å². The van der Waals surface area contributed by atoms with E-state index in [0.29, 0.717) is 11.3 Å². The Balaban J connectivity index is 1.94. The van der Waals surface area contributed by atoms with Crippen molar-refractivity contribution in [3.63, 3.8) is 0 Å². The fraction of sp³-hybridized carbons (Fsp3) is 0.136. The predicted octanol–water partition coefficient (Wildman–Crippen LogP) is 3.88. The maximum absolute atomic E-state index is 12.1. The van der Waals surface area contributed by atoms with Gasteiger partial charge in [-0.15, -0.1) is 0 Å². The number of para-hydroxylation sites is 1. The zero-order valence-corrected chi connectivity index (χ0v) is 15.3. The zero-order valence-electron chi connectivity index (χ0n) is 15.3. The molecule has 3 aromatic rings. The summed E-state index contributed by atoms with van der Waals surface area (Å²) in [5.74, 6) is -0.733. The lowest BCUT2D eigenvalue weighted by Crippen LogP contribution is -2.47. The third-order valence-electron chi connectivity index (χ3n) is 4.20. The highest BCUT2D eigenvalue weighted by Gasteiger charge is 2.46. The van der Waals surface area contributed by atoms with Crippen LogP contribution in [0.1, 0.15) is 18.1 Å². The van der Waals surface area contributed by atoms with Crippen LogP contribution in [0.15, 0.2) is 90.3 Å². The van der Waals surface area contributed by atoms with Crippen LogP contribution in [0.4, 0.5) is 0 Å². The summed E-state index contributed by atoms with van der Waals surface area (Å²) >= 11 is 0. The van der Waals surface area contributed by atoms with Crippen LogP contribution < -0.4 is 4.74 Å². The van der Waals surface area contributed by atoms with Crippen LogP contribution in [0, 0.1) is 0 Å². The van der Waals surface area contributed by atoms with Crippen molar-refractivity contribution < 1.29 is 19.5 Å². The van der Waals surface area contributed by atoms with Crippen LogP contribution in [0.3, 0.4) is 0 Å². The zero-order chi connectivity index (χ0) is 19.8. The highest BCUT2D eigenvalue weighted by molar-refractivity contribution is 5.78. The van der Waals surface area contributed by atoms with Crippen molar-refractivity contribution in [2.75, 3.05) is 0 Å². The molecule has 1 aromatic heterocycles. The van der Waals surface area contributed by atoms with E-state index in [0.717, 1.165) is 5.56 Å². The number of oxime groups is 1. The van der Waals surface area contributed by atoms with Gasteiger partial charge in [0.2, 0.25) is 11.7 Å². The van der Waals surface area contributed by atoms with Crippen LogP contribution in [-0.2, 0) is 15.2 Å². The Bertz CT molecular complexity index is 917. The summed E-state index contributed by atoms with van der Waals surface area (Å²) in [5, 5.41) is 13.9. The Morgan fingerprint density at radius 3 is 2.36 bits per heavy atom. The van der Waals surface area contributed by atoms with Crippen molar-refractivity contribution in [2.45, 2.75) is 18.6 Å². The molecule has 0 fully saturated rings. The second-order valence-electron chi connectivity index (χ2n) is 6.23. The lowest BCUT2D eigenvalue weighted by Gasteiger charge is -2.33. The molecule has 0 saturated heterocycles. The molecule has 142 valence electrons. The number of aromatic nitrogens is 1. The molecule has 2 aromatic carbocycles. The van der Waals surface area contributed by atoms with Crippen molar-refractivity contribution in [1.29, 1.82) is 0 Å². The molecular weight excluding hydrogens is 356 g/mol. The van der Waals surface area contributed by atoms with Gasteiger partial charge in [0.15, 0.2) is 0 Å². The van der Waals surface area contributed by atoms with E-state index in [1.807, 2.05) is 30.3 Å². The third-order valence-corrected chi connectivity index (χ3v) is 4.20. The molecule has 0 spiro atoms. The Hall–Kier alpha value is -3.67. The van der Waals surface area contributed by atoms with Gasteiger partial charge in [-0.1, -0.05) is 59.8 Å². The van der Waals surface area contributed by atoms with Crippen LogP contribution >= 0.6 is 0 Å². The number of carbonyl (C=O) groups is 1. The van der Waals surface area contributed by atoms with Gasteiger partial charge in [-0.25, -0.2) is 4.79 Å². The summed E-state index contributed by atoms with van der Waals surface area (Å²) < 4.78 is 5.79. The Morgan fingerprint density at radius 1 is 1.07 bits per heavy atom. The van der Waals surface area contributed by atoms with E-state index in [2.05, 4.69) is 10.1 Å². The summed E-state index contributed by atoms with van der Waals surface area (Å²) in [6.45, 7) is 1.64. The monoisotopic (exact) mass is 376 g/mol. The van der Waals surface area contributed by atoms with Crippen molar-refractivity contribution >= 4 is 12.2 Å². The van der Waals surface area contributed by atoms with Crippen molar-refractivity contribution in [2.24, 2.45) is 5.16 Å². The summed E-state index contributed by atoms with van der Waals surface area (Å²) in [4.78, 5) is 21.9. The maximum atomic E-state index is 12.1. The summed E-state index contributed by atoms with van der Waals surface area (Å²) in [5.41, 5.74) is -0.0165. The van der Waals surface area contributed by atoms with Crippen LogP contribution in [0.2, 0.25) is 0 Å². The SMILES string of the molecule is CC(ON=Cc1cccnc1)(c1ccccc1)C(Oc1ccccc1)C(=O)O. The summed E-state index contributed by atoms with van der Waals surface area (Å²) in [6, 6.07) is 21.4. The van der Waals surface area contributed by atoms with Gasteiger partial charge in [-0.2, -0.15) is 0 Å². The van der Waals surface area contributed by atoms with Crippen LogP contribution in [0.5, 0.6) is 5.75 Å². The maximum Gasteiger partial charge on any atom is 0.349 e. The first-order chi connectivity index (χ1) is 13.6. The lowest BCUT2D eigenvalue weighted by atomic mass is 9.89. The number of aliphatic carboxylic acids is 1. The molecule has 1 heterocycles. The standard InChI is InChI=1S/C22H20N2O4/c1-22(18-10-4-2-5-11-18,28-24-16-17-9-8-14-23-15-17)20(21(25)26)27-19-12-6-3-7-13-19/h2-16,20H,1H3,(H,25,26). The first-order valence-electron chi connectivity index (χ1n) is 8.71. The molecule has 0 bridgehead atoms. The number of hydrogen-bond acceptors (Lipinski definition) is 5. The number of benzene rings is 2. The van der Waals surface area contributed by atoms with Gasteiger partial charge in [-0.3, -0.25) is 4.98 Å². The van der Waals surface area contributed by atoms with Gasteiger partial charge in [0, 0.05) is 23.5 Å². The molecule has 0 aliphatic heterocycles. The van der Waals surface area contributed by atoms with E-state index >= 15 is 0 Å². The van der Waals surface area contributed by atoms with Gasteiger partial charge in [-0.05, 0) is 25.1 Å². The molecule has 2 unspecified atom stereocenters. The molecule has 6 heteroatoms. The average Bonchev–Trinajstić information content (AvgIpc) is 2.74. The Kier molecular flexibility index (Phi) is 6.01. The Morgan fingerprint density at radius 2 is 1.75 bits per heavy atom. The fourth-order valence-electron chi connectivity index (χ4n) is 2.70. The summed E-state index contributed by atoms with van der Waals surface area (Å²) in [6.07, 6.45) is 3.43. The van der Waals surface area contributed by atoms with E-state index in [9.17, 15) is 9.90 Å². The number of carboxylic acids is 1. The highest BCUT2D eigenvalue weighted by Crippen LogP contribution is 2.33. The fourth-order valence-corrected chi connectivity index (χ4v) is 2.70. The van der Waals surface area contributed by atoms with Gasteiger partial charge in [0.25, 0.3) is 0 Å². The van der Waals surface area contributed by atoms with Crippen molar-refractivity contribution in [1.82, 2.24) is 4.98 Å². The van der Waals surface area contributed by atoms with E-state index < -0.39 is 17.7 Å². The molecule has 0 radical (unpaired) electrons. The first kappa shape index (κ1) is 19.1. The molecule has 0 aliphatic carbocycles. The number of nitrogens with zero attached hydrogens (tertiary/aromatic N) is 2. The number of ether oxygens (including phenoxy) is 1. The second kappa shape index (κ2) is 8.81. The van der Waals surface area contributed by atoms with Gasteiger partial charge < -0.3 is 14.7 Å². The van der Waals surface area contributed by atoms with E-state index in [1.165, 1.54) is 6.21 Å².